The van der Waals surface area contributed by atoms with Crippen LogP contribution in [0.15, 0.2) is 53.3 Å². The van der Waals surface area contributed by atoms with Crippen molar-refractivity contribution in [1.29, 1.82) is 0 Å². The third-order valence-corrected chi connectivity index (χ3v) is 6.26. The monoisotopic (exact) mass is 421 g/mol. The number of rotatable bonds is 7. The molecular weight excluding hydrogens is 386 g/mol. The fourth-order valence-electron chi connectivity index (χ4n) is 4.44. The summed E-state index contributed by atoms with van der Waals surface area (Å²) in [7, 11) is 0. The molecule has 31 heavy (non-hydrogen) atoms. The Balaban J connectivity index is 1.45. The Kier molecular flexibility index (Phi) is 6.73. The Labute approximate surface area is 184 Å². The standard InChI is InChI=1S/C26H33N3O2/c1-19(2)18-31-22-9-10-25-23(15-22)26(30)24(20(3)27-25)17-29-13-11-28(12-14-29)16-21-7-5-4-6-8-21/h4-10,15,19H,11-14,16-18H2,1-3H3,(H,27,30)/p+2. The number of hydrogen-bond donors (Lipinski definition) is 3. The Morgan fingerprint density at radius 3 is 2.32 bits per heavy atom. The molecule has 0 amide bonds. The summed E-state index contributed by atoms with van der Waals surface area (Å²) in [5.41, 5.74) is 4.33. The lowest BCUT2D eigenvalue weighted by atomic mass is 10.1. The zero-order valence-electron chi connectivity index (χ0n) is 19.0. The highest BCUT2D eigenvalue weighted by atomic mass is 16.5. The van der Waals surface area contributed by atoms with Crippen LogP contribution in [0.1, 0.15) is 30.7 Å². The van der Waals surface area contributed by atoms with Crippen LogP contribution >= 0.6 is 0 Å². The molecule has 2 aromatic carbocycles. The highest BCUT2D eigenvalue weighted by Crippen LogP contribution is 2.19. The number of pyridine rings is 1. The summed E-state index contributed by atoms with van der Waals surface area (Å²) >= 11 is 0. The summed E-state index contributed by atoms with van der Waals surface area (Å²) in [5, 5.41) is 0.731. The van der Waals surface area contributed by atoms with E-state index < -0.39 is 0 Å². The van der Waals surface area contributed by atoms with E-state index in [9.17, 15) is 4.79 Å². The van der Waals surface area contributed by atoms with Gasteiger partial charge in [-0.25, -0.2) is 0 Å². The van der Waals surface area contributed by atoms with Crippen molar-refractivity contribution < 1.29 is 14.5 Å². The minimum atomic E-state index is 0.146. The van der Waals surface area contributed by atoms with E-state index in [0.717, 1.165) is 67.2 Å². The van der Waals surface area contributed by atoms with Gasteiger partial charge in [0.05, 0.1) is 12.2 Å². The maximum absolute atomic E-state index is 13.3. The van der Waals surface area contributed by atoms with E-state index in [1.807, 2.05) is 25.1 Å². The fourth-order valence-corrected chi connectivity index (χ4v) is 4.44. The molecule has 5 nitrogen and oxygen atoms in total. The third kappa shape index (κ3) is 5.35. The van der Waals surface area contributed by atoms with Crippen molar-refractivity contribution in [2.45, 2.75) is 33.9 Å². The molecule has 0 radical (unpaired) electrons. The van der Waals surface area contributed by atoms with E-state index in [1.54, 1.807) is 4.90 Å². The predicted octanol–water partition coefficient (Wildman–Crippen LogP) is 1.35. The molecule has 0 atom stereocenters. The zero-order valence-corrected chi connectivity index (χ0v) is 19.0. The van der Waals surface area contributed by atoms with Crippen LogP contribution in [0.3, 0.4) is 0 Å². The van der Waals surface area contributed by atoms with Crippen molar-refractivity contribution in [1.82, 2.24) is 4.98 Å². The first-order valence-electron chi connectivity index (χ1n) is 11.5. The van der Waals surface area contributed by atoms with Crippen molar-refractivity contribution in [2.75, 3.05) is 32.8 Å². The van der Waals surface area contributed by atoms with Crippen molar-refractivity contribution >= 4 is 10.9 Å². The van der Waals surface area contributed by atoms with Crippen LogP contribution in [0, 0.1) is 12.8 Å². The van der Waals surface area contributed by atoms with E-state index in [2.05, 4.69) is 49.2 Å². The molecule has 1 aliphatic heterocycles. The molecule has 0 bridgehead atoms. The van der Waals surface area contributed by atoms with Gasteiger partial charge in [0.25, 0.3) is 0 Å². The van der Waals surface area contributed by atoms with Crippen LogP contribution in [0.5, 0.6) is 5.75 Å². The maximum atomic E-state index is 13.3. The molecule has 0 saturated carbocycles. The predicted molar refractivity (Wildman–Crippen MR) is 125 cm³/mol. The maximum Gasteiger partial charge on any atom is 0.198 e. The van der Waals surface area contributed by atoms with E-state index >= 15 is 0 Å². The van der Waals surface area contributed by atoms with Gasteiger partial charge in [-0.3, -0.25) is 4.79 Å². The van der Waals surface area contributed by atoms with Gasteiger partial charge in [-0.15, -0.1) is 0 Å². The van der Waals surface area contributed by atoms with Gasteiger partial charge in [0.15, 0.2) is 5.43 Å². The normalized spacial score (nSPS) is 19.1. The highest BCUT2D eigenvalue weighted by molar-refractivity contribution is 5.81. The van der Waals surface area contributed by atoms with E-state index in [0.29, 0.717) is 12.5 Å². The second-order valence-electron chi connectivity index (χ2n) is 9.31. The Morgan fingerprint density at radius 1 is 0.968 bits per heavy atom. The number of nitrogens with one attached hydrogen (secondary N) is 3. The van der Waals surface area contributed by atoms with Gasteiger partial charge in [-0.2, -0.15) is 0 Å². The van der Waals surface area contributed by atoms with Crippen LogP contribution in [0.2, 0.25) is 0 Å². The lowest BCUT2D eigenvalue weighted by Crippen LogP contribution is -3.27. The van der Waals surface area contributed by atoms with Crippen molar-refractivity contribution in [2.24, 2.45) is 5.92 Å². The van der Waals surface area contributed by atoms with E-state index in [4.69, 9.17) is 4.74 Å². The van der Waals surface area contributed by atoms with Gasteiger partial charge in [-0.05, 0) is 31.0 Å². The number of aromatic nitrogens is 1. The number of ether oxygens (including phenoxy) is 1. The smallest absolute Gasteiger partial charge is 0.198 e. The topological polar surface area (TPSA) is 51.0 Å². The SMILES string of the molecule is Cc1[nH]c2ccc(OCC(C)C)cc2c(=O)c1C[NH+]1CC[NH+](Cc2ccccc2)CC1. The summed E-state index contributed by atoms with van der Waals surface area (Å²) in [4.78, 5) is 19.9. The number of quaternary nitrogens is 2. The molecule has 2 heterocycles. The first kappa shape index (κ1) is 21.6. The average molecular weight is 422 g/mol. The Hall–Kier alpha value is -2.63. The van der Waals surface area contributed by atoms with Gasteiger partial charge >= 0.3 is 0 Å². The van der Waals surface area contributed by atoms with Crippen LogP contribution < -0.4 is 20.0 Å². The summed E-state index contributed by atoms with van der Waals surface area (Å²) in [6.45, 7) is 13.3. The number of hydrogen-bond acceptors (Lipinski definition) is 2. The van der Waals surface area contributed by atoms with Crippen LogP contribution in [-0.4, -0.2) is 37.8 Å². The molecular formula is C26H35N3O2+2. The summed E-state index contributed by atoms with van der Waals surface area (Å²) in [6.07, 6.45) is 0. The van der Waals surface area contributed by atoms with E-state index in [1.165, 1.54) is 10.5 Å². The van der Waals surface area contributed by atoms with Crippen LogP contribution in [0.4, 0.5) is 0 Å². The first-order valence-corrected chi connectivity index (χ1v) is 11.5. The fraction of sp³-hybridized carbons (Fsp3) is 0.423. The first-order chi connectivity index (χ1) is 15.0. The quantitative estimate of drug-likeness (QED) is 0.540. The number of benzene rings is 2. The third-order valence-electron chi connectivity index (χ3n) is 6.26. The molecule has 0 aliphatic carbocycles. The van der Waals surface area contributed by atoms with Gasteiger partial charge in [0.1, 0.15) is 45.0 Å². The minimum Gasteiger partial charge on any atom is -0.493 e. The summed E-state index contributed by atoms with van der Waals surface area (Å²) in [5.74, 6) is 1.22. The molecule has 1 saturated heterocycles. The molecule has 3 aromatic rings. The van der Waals surface area contributed by atoms with Gasteiger partial charge in [0.2, 0.25) is 0 Å². The summed E-state index contributed by atoms with van der Waals surface area (Å²) < 4.78 is 5.85. The lowest BCUT2D eigenvalue weighted by Gasteiger charge is -2.30. The van der Waals surface area contributed by atoms with Crippen LogP contribution in [0.25, 0.3) is 10.9 Å². The largest absolute Gasteiger partial charge is 0.493 e. The second kappa shape index (κ2) is 9.67. The number of piperazine rings is 1. The number of H-pyrrole nitrogens is 1. The molecule has 1 fully saturated rings. The average Bonchev–Trinajstić information content (AvgIpc) is 2.77. The zero-order chi connectivity index (χ0) is 21.8. The van der Waals surface area contributed by atoms with Crippen molar-refractivity contribution in [3.63, 3.8) is 0 Å². The number of aromatic amines is 1. The molecule has 1 aromatic heterocycles. The lowest BCUT2D eigenvalue weighted by molar-refractivity contribution is -1.02. The molecule has 4 rings (SSSR count). The van der Waals surface area contributed by atoms with Gasteiger partial charge in [-0.1, -0.05) is 44.2 Å². The van der Waals surface area contributed by atoms with Gasteiger partial charge in [0, 0.05) is 22.2 Å². The van der Waals surface area contributed by atoms with Crippen molar-refractivity contribution in [3.8, 4) is 5.75 Å². The molecule has 0 spiro atoms. The second-order valence-corrected chi connectivity index (χ2v) is 9.31. The summed E-state index contributed by atoms with van der Waals surface area (Å²) in [6, 6.07) is 16.5. The van der Waals surface area contributed by atoms with Crippen LogP contribution in [-0.2, 0) is 13.1 Å². The number of fused-ring (bicyclic) bond motifs is 1. The minimum absolute atomic E-state index is 0.146. The van der Waals surface area contributed by atoms with Gasteiger partial charge < -0.3 is 19.5 Å². The molecule has 5 heteroatoms. The Morgan fingerprint density at radius 2 is 1.65 bits per heavy atom. The molecule has 0 unspecified atom stereocenters. The molecule has 3 N–H and O–H groups in total. The Bertz CT molecular complexity index is 1070. The van der Waals surface area contributed by atoms with E-state index in [-0.39, 0.29) is 5.43 Å². The highest BCUT2D eigenvalue weighted by Gasteiger charge is 2.25. The van der Waals surface area contributed by atoms with Crippen molar-refractivity contribution in [3.05, 3.63) is 75.6 Å². The molecule has 1 aliphatic rings. The molecule has 164 valence electrons. The number of aryl methyl sites for hydroxylation is 1.